The maximum Gasteiger partial charge on any atom is 0.240 e. The number of likely N-dealkylation sites (N-methyl/N-ethyl adjacent to an activating group) is 1. The average molecular weight is 462 g/mol. The lowest BCUT2D eigenvalue weighted by Gasteiger charge is -2.27. The highest BCUT2D eigenvalue weighted by Crippen LogP contribution is 2.31. The van der Waals surface area contributed by atoms with Crippen LogP contribution in [0.4, 0.5) is 5.82 Å². The predicted octanol–water partition coefficient (Wildman–Crippen LogP) is 2.12. The molecule has 2 aliphatic heterocycles. The highest BCUT2D eigenvalue weighted by atomic mass is 16.5. The molecule has 2 aliphatic rings. The van der Waals surface area contributed by atoms with Crippen LogP contribution in [-0.2, 0) is 11.8 Å². The Labute approximate surface area is 196 Å². The van der Waals surface area contributed by atoms with Crippen LogP contribution in [0.5, 0.6) is 0 Å². The number of nitrogens with zero attached hydrogens (tertiary/aromatic N) is 9. The van der Waals surface area contributed by atoms with Gasteiger partial charge < -0.3 is 23.6 Å². The van der Waals surface area contributed by atoms with Crippen molar-refractivity contribution in [2.24, 2.45) is 7.05 Å². The lowest BCUT2D eigenvalue weighted by molar-refractivity contribution is 0.122. The van der Waals surface area contributed by atoms with Crippen molar-refractivity contribution in [2.75, 3.05) is 51.3 Å². The number of anilines is 1. The summed E-state index contributed by atoms with van der Waals surface area (Å²) in [6.45, 7) is 4.77. The second kappa shape index (κ2) is 8.73. The number of rotatable bonds is 4. The van der Waals surface area contributed by atoms with Crippen molar-refractivity contribution in [3.05, 3.63) is 30.4 Å². The summed E-state index contributed by atoms with van der Waals surface area (Å²) in [5.41, 5.74) is 2.44. The summed E-state index contributed by atoms with van der Waals surface area (Å²) in [5.74, 6) is 3.31. The van der Waals surface area contributed by atoms with Gasteiger partial charge in [-0.2, -0.15) is 4.98 Å². The van der Waals surface area contributed by atoms with Gasteiger partial charge in [0.25, 0.3) is 0 Å². The fraction of sp³-hybridized carbons (Fsp3) is 0.478. The van der Waals surface area contributed by atoms with E-state index in [0.717, 1.165) is 67.4 Å². The van der Waals surface area contributed by atoms with E-state index in [1.54, 1.807) is 12.4 Å². The van der Waals surface area contributed by atoms with Crippen molar-refractivity contribution < 1.29 is 9.26 Å². The molecule has 34 heavy (non-hydrogen) atoms. The predicted molar refractivity (Wildman–Crippen MR) is 125 cm³/mol. The van der Waals surface area contributed by atoms with Gasteiger partial charge in [-0.1, -0.05) is 5.16 Å². The summed E-state index contributed by atoms with van der Waals surface area (Å²) < 4.78 is 13.2. The third kappa shape index (κ3) is 3.80. The Morgan fingerprint density at radius 1 is 0.941 bits per heavy atom. The Hall–Kier alpha value is -3.44. The molecule has 2 saturated heterocycles. The summed E-state index contributed by atoms with van der Waals surface area (Å²) >= 11 is 0. The molecule has 0 N–H and O–H groups in total. The van der Waals surface area contributed by atoms with Crippen LogP contribution in [0.2, 0.25) is 0 Å². The van der Waals surface area contributed by atoms with Gasteiger partial charge in [-0.25, -0.2) is 15.0 Å². The van der Waals surface area contributed by atoms with Crippen LogP contribution >= 0.6 is 0 Å². The summed E-state index contributed by atoms with van der Waals surface area (Å²) in [4.78, 5) is 28.0. The van der Waals surface area contributed by atoms with E-state index in [2.05, 4.69) is 27.0 Å². The quantitative estimate of drug-likeness (QED) is 0.448. The number of imidazole rings is 1. The number of aromatic nitrogens is 7. The van der Waals surface area contributed by atoms with E-state index in [0.29, 0.717) is 30.8 Å². The number of hydrogen-bond donors (Lipinski definition) is 0. The highest BCUT2D eigenvalue weighted by molar-refractivity contribution is 5.88. The molecule has 176 valence electrons. The van der Waals surface area contributed by atoms with E-state index in [1.165, 1.54) is 0 Å². The Kier molecular flexibility index (Phi) is 5.42. The van der Waals surface area contributed by atoms with Crippen LogP contribution in [-0.4, -0.2) is 86.0 Å². The molecule has 0 saturated carbocycles. The van der Waals surface area contributed by atoms with Gasteiger partial charge in [0.2, 0.25) is 17.5 Å². The molecule has 6 heterocycles. The van der Waals surface area contributed by atoms with Crippen molar-refractivity contribution in [3.63, 3.8) is 0 Å². The van der Waals surface area contributed by atoms with Crippen molar-refractivity contribution in [2.45, 2.75) is 18.8 Å². The van der Waals surface area contributed by atoms with Crippen molar-refractivity contribution in [3.8, 4) is 23.0 Å². The molecular formula is C23H27N9O2. The third-order valence-corrected chi connectivity index (χ3v) is 6.56. The van der Waals surface area contributed by atoms with E-state index in [9.17, 15) is 0 Å². The first-order valence-corrected chi connectivity index (χ1v) is 11.7. The van der Waals surface area contributed by atoms with Crippen molar-refractivity contribution in [1.82, 2.24) is 39.5 Å². The van der Waals surface area contributed by atoms with E-state index < -0.39 is 0 Å². The SMILES string of the molecule is CN1CCCC(c2nc(-c3nc(N4CCOCC4)c4nc(-c5ccncc5)n(C)c4n3)no2)C1. The zero-order valence-corrected chi connectivity index (χ0v) is 19.4. The molecule has 1 atom stereocenters. The van der Waals surface area contributed by atoms with Gasteiger partial charge in [0, 0.05) is 44.6 Å². The van der Waals surface area contributed by atoms with Gasteiger partial charge in [0.15, 0.2) is 17.0 Å². The molecular weight excluding hydrogens is 434 g/mol. The fourth-order valence-electron chi connectivity index (χ4n) is 4.76. The molecule has 6 rings (SSSR count). The summed E-state index contributed by atoms with van der Waals surface area (Å²) in [7, 11) is 4.09. The minimum Gasteiger partial charge on any atom is -0.378 e. The molecule has 4 aromatic heterocycles. The van der Waals surface area contributed by atoms with Crippen LogP contribution < -0.4 is 4.90 Å². The largest absolute Gasteiger partial charge is 0.378 e. The Morgan fingerprint density at radius 2 is 1.76 bits per heavy atom. The van der Waals surface area contributed by atoms with E-state index in [4.69, 9.17) is 29.2 Å². The Bertz CT molecular complexity index is 1300. The first-order chi connectivity index (χ1) is 16.7. The van der Waals surface area contributed by atoms with Crippen molar-refractivity contribution >= 4 is 17.0 Å². The lowest BCUT2D eigenvalue weighted by atomic mass is 9.98. The lowest BCUT2D eigenvalue weighted by Crippen LogP contribution is -2.37. The molecule has 11 nitrogen and oxygen atoms in total. The standard InChI is InChI=1S/C23H27N9O2/c1-30-9-3-4-16(14-30)23-28-19(29-34-23)18-26-21-17(22(27-18)32-10-12-33-13-11-32)25-20(31(21)2)15-5-7-24-8-6-15/h5-8,16H,3-4,9-14H2,1-2H3. The number of likely N-dealkylation sites (tertiary alicyclic amines) is 1. The highest BCUT2D eigenvalue weighted by Gasteiger charge is 2.27. The van der Waals surface area contributed by atoms with Gasteiger partial charge in [-0.05, 0) is 38.6 Å². The van der Waals surface area contributed by atoms with Gasteiger partial charge in [0.05, 0.1) is 19.1 Å². The van der Waals surface area contributed by atoms with Gasteiger partial charge in [-0.3, -0.25) is 4.98 Å². The molecule has 0 aromatic carbocycles. The van der Waals surface area contributed by atoms with E-state index in [1.807, 2.05) is 23.7 Å². The zero-order chi connectivity index (χ0) is 23.1. The normalized spacial score (nSPS) is 19.7. The minimum atomic E-state index is 0.234. The summed E-state index contributed by atoms with van der Waals surface area (Å²) in [6.07, 6.45) is 5.69. The second-order valence-electron chi connectivity index (χ2n) is 8.93. The molecule has 0 spiro atoms. The van der Waals surface area contributed by atoms with Gasteiger partial charge in [0.1, 0.15) is 5.82 Å². The Balaban J connectivity index is 1.45. The maximum atomic E-state index is 5.68. The number of aryl methyl sites for hydroxylation is 1. The molecule has 0 aliphatic carbocycles. The number of pyridine rings is 1. The second-order valence-corrected chi connectivity index (χ2v) is 8.93. The summed E-state index contributed by atoms with van der Waals surface area (Å²) in [5, 5.41) is 4.26. The van der Waals surface area contributed by atoms with Crippen molar-refractivity contribution in [1.29, 1.82) is 0 Å². The molecule has 11 heteroatoms. The molecule has 4 aromatic rings. The minimum absolute atomic E-state index is 0.234. The van der Waals surface area contributed by atoms with E-state index >= 15 is 0 Å². The third-order valence-electron chi connectivity index (χ3n) is 6.56. The number of morpholine rings is 1. The van der Waals surface area contributed by atoms with Crippen LogP contribution in [0, 0.1) is 0 Å². The fourth-order valence-corrected chi connectivity index (χ4v) is 4.76. The number of fused-ring (bicyclic) bond motifs is 1. The molecule has 0 bridgehead atoms. The van der Waals surface area contributed by atoms with Gasteiger partial charge in [-0.15, -0.1) is 0 Å². The molecule has 1 unspecified atom stereocenters. The van der Waals surface area contributed by atoms with Gasteiger partial charge >= 0.3 is 0 Å². The number of piperidine rings is 1. The Morgan fingerprint density at radius 3 is 2.56 bits per heavy atom. The average Bonchev–Trinajstić information content (AvgIpc) is 3.50. The monoisotopic (exact) mass is 461 g/mol. The summed E-state index contributed by atoms with van der Waals surface area (Å²) in [6, 6.07) is 3.88. The molecule has 0 radical (unpaired) electrons. The maximum absolute atomic E-state index is 5.68. The van der Waals surface area contributed by atoms with Crippen LogP contribution in [0.15, 0.2) is 29.0 Å². The number of hydrogen-bond acceptors (Lipinski definition) is 10. The van der Waals surface area contributed by atoms with E-state index in [-0.39, 0.29) is 5.92 Å². The molecule has 2 fully saturated rings. The smallest absolute Gasteiger partial charge is 0.240 e. The number of ether oxygens (including phenoxy) is 1. The first-order valence-electron chi connectivity index (χ1n) is 11.7. The molecule has 0 amide bonds. The topological polar surface area (TPSA) is 111 Å². The van der Waals surface area contributed by atoms with Crippen LogP contribution in [0.25, 0.3) is 34.2 Å². The van der Waals surface area contributed by atoms with Crippen LogP contribution in [0.1, 0.15) is 24.7 Å². The first kappa shape index (κ1) is 21.1. The van der Waals surface area contributed by atoms with Crippen LogP contribution in [0.3, 0.4) is 0 Å². The zero-order valence-electron chi connectivity index (χ0n) is 19.4.